The summed E-state index contributed by atoms with van der Waals surface area (Å²) < 4.78 is 34.1. The van der Waals surface area contributed by atoms with Crippen molar-refractivity contribution < 1.29 is 27.6 Å². The first-order chi connectivity index (χ1) is 12.7. The van der Waals surface area contributed by atoms with E-state index in [9.17, 15) is 23.4 Å². The fourth-order valence-corrected chi connectivity index (χ4v) is 3.56. The highest BCUT2D eigenvalue weighted by Crippen LogP contribution is 2.32. The van der Waals surface area contributed by atoms with E-state index in [4.69, 9.17) is 14.7 Å². The van der Waals surface area contributed by atoms with Gasteiger partial charge < -0.3 is 20.7 Å². The molecule has 1 aromatic carbocycles. The SMILES string of the molecule is CS(=O)(=O)O[C@@H]1[C@@H](O)[C@H](n2cc(-c3ccccc3)c(N)nc2=O)O[C@@H]1CO. The second-order valence-electron chi connectivity index (χ2n) is 6.10. The van der Waals surface area contributed by atoms with Crippen LogP contribution in [0.4, 0.5) is 5.82 Å². The third kappa shape index (κ3) is 4.01. The van der Waals surface area contributed by atoms with Crippen LogP contribution in [0.25, 0.3) is 11.1 Å². The number of nitrogens with two attached hydrogens (primary N) is 1. The molecule has 1 aliphatic rings. The Morgan fingerprint density at radius 1 is 1.33 bits per heavy atom. The second kappa shape index (κ2) is 7.37. The van der Waals surface area contributed by atoms with Crippen molar-refractivity contribution in [1.29, 1.82) is 0 Å². The van der Waals surface area contributed by atoms with Crippen molar-refractivity contribution in [3.05, 3.63) is 47.0 Å². The molecule has 4 N–H and O–H groups in total. The van der Waals surface area contributed by atoms with Gasteiger partial charge in [-0.1, -0.05) is 30.3 Å². The zero-order valence-electron chi connectivity index (χ0n) is 14.3. The van der Waals surface area contributed by atoms with E-state index >= 15 is 0 Å². The smallest absolute Gasteiger partial charge is 0.351 e. The predicted octanol–water partition coefficient (Wildman–Crippen LogP) is -0.912. The molecule has 1 saturated heterocycles. The molecule has 0 saturated carbocycles. The number of nitrogens with zero attached hydrogens (tertiary/aromatic N) is 2. The molecule has 1 aromatic heterocycles. The summed E-state index contributed by atoms with van der Waals surface area (Å²) >= 11 is 0. The van der Waals surface area contributed by atoms with Gasteiger partial charge in [0.25, 0.3) is 10.1 Å². The Bertz CT molecular complexity index is 977. The first-order valence-corrected chi connectivity index (χ1v) is 9.79. The standard InChI is InChI=1S/C16H19N3O7S/c1-27(23,24)26-13-11(8-20)25-15(12(13)21)19-7-10(14(17)18-16(19)22)9-5-3-2-4-6-9/h2-7,11-13,15,20-21H,8H2,1H3,(H2,17,18,22)/t11-,12-,13+,15-/m1/s1. The quantitative estimate of drug-likeness (QED) is 0.544. The predicted molar refractivity (Wildman–Crippen MR) is 95.1 cm³/mol. The first kappa shape index (κ1) is 19.5. The van der Waals surface area contributed by atoms with Gasteiger partial charge in [-0.2, -0.15) is 13.4 Å². The Morgan fingerprint density at radius 2 is 2.00 bits per heavy atom. The third-order valence-corrected chi connectivity index (χ3v) is 4.69. The van der Waals surface area contributed by atoms with Crippen LogP contribution in [0.3, 0.4) is 0 Å². The molecule has 4 atom stereocenters. The minimum absolute atomic E-state index is 0.00224. The average molecular weight is 397 g/mol. The molecular formula is C16H19N3O7S. The van der Waals surface area contributed by atoms with Crippen LogP contribution in [0.2, 0.25) is 0 Å². The van der Waals surface area contributed by atoms with Crippen LogP contribution in [0.15, 0.2) is 41.3 Å². The number of aliphatic hydroxyl groups excluding tert-OH is 2. The number of benzene rings is 1. The monoisotopic (exact) mass is 397 g/mol. The molecular weight excluding hydrogens is 378 g/mol. The molecule has 0 amide bonds. The molecule has 11 heteroatoms. The number of rotatable bonds is 5. The summed E-state index contributed by atoms with van der Waals surface area (Å²) in [6.07, 6.45) is -3.19. The maximum absolute atomic E-state index is 12.3. The fraction of sp³-hybridized carbons (Fsp3) is 0.375. The largest absolute Gasteiger partial charge is 0.394 e. The highest BCUT2D eigenvalue weighted by atomic mass is 32.2. The molecule has 0 aliphatic carbocycles. The third-order valence-electron chi connectivity index (χ3n) is 4.12. The molecule has 27 heavy (non-hydrogen) atoms. The molecule has 2 heterocycles. The molecule has 146 valence electrons. The number of aliphatic hydroxyl groups is 2. The molecule has 0 radical (unpaired) electrons. The Hall–Kier alpha value is -2.31. The van der Waals surface area contributed by atoms with Crippen LogP contribution in [0, 0.1) is 0 Å². The van der Waals surface area contributed by atoms with Gasteiger partial charge in [-0.3, -0.25) is 8.75 Å². The van der Waals surface area contributed by atoms with Gasteiger partial charge in [0.1, 0.15) is 24.1 Å². The van der Waals surface area contributed by atoms with Gasteiger partial charge in [-0.25, -0.2) is 4.79 Å². The first-order valence-electron chi connectivity index (χ1n) is 7.98. The Labute approximate surface area is 154 Å². The zero-order valence-corrected chi connectivity index (χ0v) is 15.1. The van der Waals surface area contributed by atoms with Gasteiger partial charge in [0.05, 0.1) is 12.9 Å². The number of aromatic nitrogens is 2. The van der Waals surface area contributed by atoms with Crippen LogP contribution in [-0.4, -0.2) is 59.4 Å². The number of nitrogen functional groups attached to an aromatic ring is 1. The van der Waals surface area contributed by atoms with Gasteiger partial charge in [0.15, 0.2) is 6.23 Å². The summed E-state index contributed by atoms with van der Waals surface area (Å²) in [6.45, 7) is -0.615. The summed E-state index contributed by atoms with van der Waals surface area (Å²) in [4.78, 5) is 16.1. The fourth-order valence-electron chi connectivity index (χ4n) is 2.92. The van der Waals surface area contributed by atoms with Crippen molar-refractivity contribution in [2.75, 3.05) is 18.6 Å². The second-order valence-corrected chi connectivity index (χ2v) is 7.70. The van der Waals surface area contributed by atoms with Gasteiger partial charge in [-0.15, -0.1) is 0 Å². The number of hydrogen-bond donors (Lipinski definition) is 3. The number of anilines is 1. The minimum atomic E-state index is -3.93. The lowest BCUT2D eigenvalue weighted by Gasteiger charge is -2.19. The molecule has 2 aromatic rings. The molecule has 1 fully saturated rings. The Kier molecular flexibility index (Phi) is 5.31. The van der Waals surface area contributed by atoms with Crippen LogP contribution in [-0.2, 0) is 19.0 Å². The number of ether oxygens (including phenoxy) is 1. The van der Waals surface area contributed by atoms with Crippen molar-refractivity contribution in [1.82, 2.24) is 9.55 Å². The van der Waals surface area contributed by atoms with E-state index in [1.54, 1.807) is 24.3 Å². The topological polar surface area (TPSA) is 154 Å². The zero-order chi connectivity index (χ0) is 19.8. The summed E-state index contributed by atoms with van der Waals surface area (Å²) in [6, 6.07) is 8.90. The van der Waals surface area contributed by atoms with E-state index in [0.29, 0.717) is 11.1 Å². The molecule has 1 aliphatic heterocycles. The van der Waals surface area contributed by atoms with E-state index in [0.717, 1.165) is 10.8 Å². The van der Waals surface area contributed by atoms with E-state index in [1.165, 1.54) is 6.20 Å². The molecule has 10 nitrogen and oxygen atoms in total. The van der Waals surface area contributed by atoms with Crippen molar-refractivity contribution in [3.63, 3.8) is 0 Å². The van der Waals surface area contributed by atoms with Crippen LogP contribution in [0.5, 0.6) is 0 Å². The van der Waals surface area contributed by atoms with Crippen molar-refractivity contribution in [2.45, 2.75) is 24.5 Å². The highest BCUT2D eigenvalue weighted by molar-refractivity contribution is 7.86. The van der Waals surface area contributed by atoms with Crippen molar-refractivity contribution in [3.8, 4) is 11.1 Å². The van der Waals surface area contributed by atoms with Crippen LogP contribution in [0.1, 0.15) is 6.23 Å². The van der Waals surface area contributed by atoms with E-state index < -0.39 is 47.0 Å². The maximum Gasteiger partial charge on any atom is 0.351 e. The Morgan fingerprint density at radius 3 is 2.59 bits per heavy atom. The average Bonchev–Trinajstić information content (AvgIpc) is 2.90. The maximum atomic E-state index is 12.3. The summed E-state index contributed by atoms with van der Waals surface area (Å²) in [5.41, 5.74) is 6.17. The van der Waals surface area contributed by atoms with Crippen molar-refractivity contribution >= 4 is 15.9 Å². The lowest BCUT2D eigenvalue weighted by Crippen LogP contribution is -2.39. The molecule has 0 bridgehead atoms. The van der Waals surface area contributed by atoms with Crippen molar-refractivity contribution in [2.24, 2.45) is 0 Å². The number of hydrogen-bond acceptors (Lipinski definition) is 9. The van der Waals surface area contributed by atoms with Crippen LogP contribution >= 0.6 is 0 Å². The van der Waals surface area contributed by atoms with E-state index in [-0.39, 0.29) is 5.82 Å². The van der Waals surface area contributed by atoms with Gasteiger partial charge in [0, 0.05) is 11.8 Å². The normalized spacial score (nSPS) is 25.6. The molecule has 3 rings (SSSR count). The Balaban J connectivity index is 2.02. The lowest BCUT2D eigenvalue weighted by molar-refractivity contribution is -0.0542. The summed E-state index contributed by atoms with van der Waals surface area (Å²) in [5, 5.41) is 19.9. The highest BCUT2D eigenvalue weighted by Gasteiger charge is 2.47. The van der Waals surface area contributed by atoms with E-state index in [1.807, 2.05) is 6.07 Å². The minimum Gasteiger partial charge on any atom is -0.394 e. The summed E-state index contributed by atoms with van der Waals surface area (Å²) in [7, 11) is -3.93. The van der Waals surface area contributed by atoms with Crippen LogP contribution < -0.4 is 11.4 Å². The summed E-state index contributed by atoms with van der Waals surface area (Å²) in [5.74, 6) is -0.00224. The van der Waals surface area contributed by atoms with Gasteiger partial charge in [0.2, 0.25) is 0 Å². The molecule has 0 unspecified atom stereocenters. The lowest BCUT2D eigenvalue weighted by atomic mass is 10.1. The molecule has 0 spiro atoms. The van der Waals surface area contributed by atoms with Gasteiger partial charge >= 0.3 is 5.69 Å². The van der Waals surface area contributed by atoms with Gasteiger partial charge in [-0.05, 0) is 5.56 Å². The van der Waals surface area contributed by atoms with E-state index in [2.05, 4.69) is 4.98 Å².